The average Bonchev–Trinajstić information content (AvgIpc) is 3.12. The van der Waals surface area contributed by atoms with Crippen molar-refractivity contribution in [2.75, 3.05) is 13.2 Å². The molecule has 1 aromatic rings. The molecule has 94 valence electrons. The van der Waals surface area contributed by atoms with E-state index in [-0.39, 0.29) is 12.1 Å². The fourth-order valence-electron chi connectivity index (χ4n) is 1.62. The highest BCUT2D eigenvalue weighted by Gasteiger charge is 2.33. The van der Waals surface area contributed by atoms with Crippen LogP contribution in [-0.2, 0) is 5.92 Å². The molecule has 2 rings (SSSR count). The molecule has 17 heavy (non-hydrogen) atoms. The lowest BCUT2D eigenvalue weighted by Gasteiger charge is -2.17. The Balaban J connectivity index is 1.98. The molecule has 1 aliphatic rings. The van der Waals surface area contributed by atoms with Crippen molar-refractivity contribution in [3.05, 3.63) is 29.8 Å². The molecule has 1 fully saturated rings. The molecule has 2 nitrogen and oxygen atoms in total. The molecule has 1 saturated carbocycles. The maximum atomic E-state index is 13.8. The number of hydrogen-bond donors (Lipinski definition) is 1. The van der Waals surface area contributed by atoms with Gasteiger partial charge in [-0.3, -0.25) is 0 Å². The number of halogens is 2. The Morgan fingerprint density at radius 2 is 1.94 bits per heavy atom. The molecular formula is C13H17F2NO. The quantitative estimate of drug-likeness (QED) is 0.826. The van der Waals surface area contributed by atoms with Crippen molar-refractivity contribution in [3.8, 4) is 5.75 Å². The van der Waals surface area contributed by atoms with Crippen molar-refractivity contribution >= 4 is 0 Å². The molecule has 4 heteroatoms. The molecule has 1 aliphatic carbocycles. The van der Waals surface area contributed by atoms with Gasteiger partial charge in [0.05, 0.1) is 13.2 Å². The second-order valence-corrected chi connectivity index (χ2v) is 4.32. The summed E-state index contributed by atoms with van der Waals surface area (Å²) in [5, 5.41) is 2.85. The molecule has 0 amide bonds. The van der Waals surface area contributed by atoms with Crippen LogP contribution < -0.4 is 10.1 Å². The number of hydrogen-bond acceptors (Lipinski definition) is 2. The Bertz CT molecular complexity index is 360. The van der Waals surface area contributed by atoms with Gasteiger partial charge >= 0.3 is 0 Å². The van der Waals surface area contributed by atoms with Gasteiger partial charge in [-0.1, -0.05) is 0 Å². The molecule has 0 aromatic heterocycles. The smallest absolute Gasteiger partial charge is 0.285 e. The van der Waals surface area contributed by atoms with Gasteiger partial charge in [0.1, 0.15) is 5.75 Å². The Morgan fingerprint density at radius 3 is 2.47 bits per heavy atom. The maximum Gasteiger partial charge on any atom is 0.285 e. The van der Waals surface area contributed by atoms with E-state index in [9.17, 15) is 8.78 Å². The number of benzene rings is 1. The lowest BCUT2D eigenvalue weighted by molar-refractivity contribution is -0.00352. The van der Waals surface area contributed by atoms with E-state index in [1.807, 2.05) is 6.92 Å². The first-order chi connectivity index (χ1) is 8.12. The third kappa shape index (κ3) is 3.40. The fourth-order valence-corrected chi connectivity index (χ4v) is 1.62. The van der Waals surface area contributed by atoms with Gasteiger partial charge in [-0.25, -0.2) is 0 Å². The third-order valence-corrected chi connectivity index (χ3v) is 2.78. The van der Waals surface area contributed by atoms with Crippen molar-refractivity contribution in [1.82, 2.24) is 5.32 Å². The highest BCUT2D eigenvalue weighted by molar-refractivity contribution is 5.30. The van der Waals surface area contributed by atoms with Crippen LogP contribution in [0.25, 0.3) is 0 Å². The van der Waals surface area contributed by atoms with E-state index in [4.69, 9.17) is 4.74 Å². The summed E-state index contributed by atoms with van der Waals surface area (Å²) in [7, 11) is 0. The number of nitrogens with one attached hydrogen (secondary N) is 1. The highest BCUT2D eigenvalue weighted by Crippen LogP contribution is 2.30. The monoisotopic (exact) mass is 241 g/mol. The molecule has 1 N–H and O–H groups in total. The van der Waals surface area contributed by atoms with Crippen LogP contribution in [0.3, 0.4) is 0 Å². The van der Waals surface area contributed by atoms with Crippen LogP contribution in [0, 0.1) is 0 Å². The minimum absolute atomic E-state index is 0.0362. The maximum absolute atomic E-state index is 13.8. The first-order valence-electron chi connectivity index (χ1n) is 5.96. The lowest BCUT2D eigenvalue weighted by Crippen LogP contribution is -2.31. The summed E-state index contributed by atoms with van der Waals surface area (Å²) in [5.41, 5.74) is 0.0362. The zero-order chi connectivity index (χ0) is 12.3. The second kappa shape index (κ2) is 5.00. The molecular weight excluding hydrogens is 224 g/mol. The largest absolute Gasteiger partial charge is 0.494 e. The summed E-state index contributed by atoms with van der Waals surface area (Å²) in [4.78, 5) is 0. The zero-order valence-corrected chi connectivity index (χ0v) is 9.88. The van der Waals surface area contributed by atoms with Gasteiger partial charge in [0.15, 0.2) is 0 Å². The summed E-state index contributed by atoms with van der Waals surface area (Å²) in [6, 6.07) is 6.33. The van der Waals surface area contributed by atoms with E-state index in [0.29, 0.717) is 18.4 Å². The van der Waals surface area contributed by atoms with Crippen LogP contribution >= 0.6 is 0 Å². The molecule has 0 aliphatic heterocycles. The van der Waals surface area contributed by atoms with Gasteiger partial charge in [0.2, 0.25) is 0 Å². The normalized spacial score (nSPS) is 15.9. The van der Waals surface area contributed by atoms with Gasteiger partial charge in [0.25, 0.3) is 5.92 Å². The Hall–Kier alpha value is -1.16. The number of rotatable bonds is 6. The summed E-state index contributed by atoms with van der Waals surface area (Å²) in [6.07, 6.45) is 2.03. The van der Waals surface area contributed by atoms with Gasteiger partial charge in [0, 0.05) is 11.6 Å². The van der Waals surface area contributed by atoms with Crippen molar-refractivity contribution in [1.29, 1.82) is 0 Å². The summed E-state index contributed by atoms with van der Waals surface area (Å²) < 4.78 is 32.7. The third-order valence-electron chi connectivity index (χ3n) is 2.78. The first-order valence-corrected chi connectivity index (χ1v) is 5.96. The van der Waals surface area contributed by atoms with E-state index in [2.05, 4.69) is 5.32 Å². The topological polar surface area (TPSA) is 21.3 Å². The first kappa shape index (κ1) is 12.3. The minimum atomic E-state index is -2.81. The molecule has 0 bridgehead atoms. The van der Waals surface area contributed by atoms with Crippen LogP contribution in [0.4, 0.5) is 8.78 Å². The molecule has 0 saturated heterocycles. The standard InChI is InChI=1S/C13H17F2NO/c1-2-17-12-7-3-10(4-8-12)13(14,15)9-16-11-5-6-11/h3-4,7-8,11,16H,2,5-6,9H2,1H3. The van der Waals surface area contributed by atoms with Crippen LogP contribution in [0.1, 0.15) is 25.3 Å². The van der Waals surface area contributed by atoms with Crippen LogP contribution in [0.15, 0.2) is 24.3 Å². The molecule has 0 atom stereocenters. The van der Waals surface area contributed by atoms with Crippen LogP contribution in [0.5, 0.6) is 5.75 Å². The van der Waals surface area contributed by atoms with Gasteiger partial charge in [-0.15, -0.1) is 0 Å². The highest BCUT2D eigenvalue weighted by atomic mass is 19.3. The predicted octanol–water partition coefficient (Wildman–Crippen LogP) is 2.93. The summed E-state index contributed by atoms with van der Waals surface area (Å²) in [5.74, 6) is -2.19. The van der Waals surface area contributed by atoms with Crippen LogP contribution in [0.2, 0.25) is 0 Å². The second-order valence-electron chi connectivity index (χ2n) is 4.32. The van der Waals surface area contributed by atoms with E-state index in [1.165, 1.54) is 12.1 Å². The van der Waals surface area contributed by atoms with E-state index < -0.39 is 5.92 Å². The Kier molecular flexibility index (Phi) is 3.62. The molecule has 0 radical (unpaired) electrons. The summed E-state index contributed by atoms with van der Waals surface area (Å²) in [6.45, 7) is 2.12. The van der Waals surface area contributed by atoms with Crippen molar-refractivity contribution in [3.63, 3.8) is 0 Å². The van der Waals surface area contributed by atoms with Crippen LogP contribution in [-0.4, -0.2) is 19.2 Å². The van der Waals surface area contributed by atoms with E-state index in [0.717, 1.165) is 12.8 Å². The van der Waals surface area contributed by atoms with Crippen molar-refractivity contribution in [2.45, 2.75) is 31.7 Å². The lowest BCUT2D eigenvalue weighted by atomic mass is 10.1. The Morgan fingerprint density at radius 1 is 1.29 bits per heavy atom. The Labute approximate surface area is 100.0 Å². The zero-order valence-electron chi connectivity index (χ0n) is 9.88. The van der Waals surface area contributed by atoms with Gasteiger partial charge in [-0.2, -0.15) is 8.78 Å². The van der Waals surface area contributed by atoms with Gasteiger partial charge < -0.3 is 10.1 Å². The average molecular weight is 241 g/mol. The van der Waals surface area contributed by atoms with Crippen molar-refractivity contribution in [2.24, 2.45) is 0 Å². The van der Waals surface area contributed by atoms with E-state index in [1.54, 1.807) is 12.1 Å². The fraction of sp³-hybridized carbons (Fsp3) is 0.538. The molecule has 1 aromatic carbocycles. The number of alkyl halides is 2. The van der Waals surface area contributed by atoms with E-state index >= 15 is 0 Å². The number of ether oxygens (including phenoxy) is 1. The predicted molar refractivity (Wildman–Crippen MR) is 62.5 cm³/mol. The van der Waals surface area contributed by atoms with Gasteiger partial charge in [-0.05, 0) is 44.0 Å². The minimum Gasteiger partial charge on any atom is -0.494 e. The van der Waals surface area contributed by atoms with Crippen molar-refractivity contribution < 1.29 is 13.5 Å². The summed E-state index contributed by atoms with van der Waals surface area (Å²) >= 11 is 0. The molecule has 0 heterocycles. The molecule has 0 spiro atoms. The SMILES string of the molecule is CCOc1ccc(C(F)(F)CNC2CC2)cc1. The molecule has 0 unspecified atom stereocenters.